The topological polar surface area (TPSA) is 29.3 Å². The molecule has 0 aromatic rings. The highest BCUT2D eigenvalue weighted by molar-refractivity contribution is 4.86. The van der Waals surface area contributed by atoms with Crippen molar-refractivity contribution >= 4 is 0 Å². The Morgan fingerprint density at radius 3 is 2.73 bits per heavy atom. The van der Waals surface area contributed by atoms with Crippen LogP contribution >= 0.6 is 0 Å². The first-order valence-electron chi connectivity index (χ1n) is 6.77. The lowest BCUT2D eigenvalue weighted by atomic mass is 9.83. The van der Waals surface area contributed by atoms with E-state index in [2.05, 4.69) is 11.8 Å². The number of hydrogen-bond donors (Lipinski definition) is 1. The summed E-state index contributed by atoms with van der Waals surface area (Å²) < 4.78 is 0. The first-order valence-corrected chi connectivity index (χ1v) is 6.77. The summed E-state index contributed by atoms with van der Waals surface area (Å²) in [6.45, 7) is 4.63. The zero-order valence-corrected chi connectivity index (χ0v) is 10.1. The molecule has 1 aliphatic heterocycles. The summed E-state index contributed by atoms with van der Waals surface area (Å²) in [5.41, 5.74) is 5.67. The first-order chi connectivity index (χ1) is 7.31. The van der Waals surface area contributed by atoms with Gasteiger partial charge in [-0.25, -0.2) is 0 Å². The van der Waals surface area contributed by atoms with E-state index < -0.39 is 0 Å². The monoisotopic (exact) mass is 210 g/mol. The molecule has 2 aliphatic rings. The van der Waals surface area contributed by atoms with Gasteiger partial charge in [0.25, 0.3) is 0 Å². The van der Waals surface area contributed by atoms with Gasteiger partial charge < -0.3 is 5.73 Å². The van der Waals surface area contributed by atoms with Crippen LogP contribution in [0.2, 0.25) is 0 Å². The van der Waals surface area contributed by atoms with E-state index in [1.165, 1.54) is 51.5 Å². The standard InChI is InChI=1S/C13H26N2/c1-11-4-3-9-15(11)13-6-2-5-12(10-13)7-8-14/h11-13H,2-10,14H2,1H3. The van der Waals surface area contributed by atoms with Gasteiger partial charge in [0.05, 0.1) is 0 Å². The molecule has 2 nitrogen and oxygen atoms in total. The van der Waals surface area contributed by atoms with Gasteiger partial charge in [0.2, 0.25) is 0 Å². The van der Waals surface area contributed by atoms with Gasteiger partial charge in [0.15, 0.2) is 0 Å². The average molecular weight is 210 g/mol. The van der Waals surface area contributed by atoms with Gasteiger partial charge >= 0.3 is 0 Å². The van der Waals surface area contributed by atoms with Crippen LogP contribution in [-0.2, 0) is 0 Å². The summed E-state index contributed by atoms with van der Waals surface area (Å²) in [5.74, 6) is 0.918. The van der Waals surface area contributed by atoms with Crippen molar-refractivity contribution in [2.45, 2.75) is 64.0 Å². The van der Waals surface area contributed by atoms with Gasteiger partial charge in [0.1, 0.15) is 0 Å². The van der Waals surface area contributed by atoms with Gasteiger partial charge in [-0.05, 0) is 58.0 Å². The zero-order chi connectivity index (χ0) is 10.7. The van der Waals surface area contributed by atoms with E-state index in [0.29, 0.717) is 0 Å². The van der Waals surface area contributed by atoms with Crippen molar-refractivity contribution in [1.29, 1.82) is 0 Å². The third kappa shape index (κ3) is 2.73. The van der Waals surface area contributed by atoms with Crippen molar-refractivity contribution in [2.75, 3.05) is 13.1 Å². The van der Waals surface area contributed by atoms with E-state index in [1.54, 1.807) is 0 Å². The summed E-state index contributed by atoms with van der Waals surface area (Å²) in [6.07, 6.45) is 9.79. The molecular weight excluding hydrogens is 184 g/mol. The highest BCUT2D eigenvalue weighted by Gasteiger charge is 2.31. The second-order valence-electron chi connectivity index (χ2n) is 5.49. The average Bonchev–Trinajstić information content (AvgIpc) is 2.65. The van der Waals surface area contributed by atoms with Crippen molar-refractivity contribution in [1.82, 2.24) is 4.90 Å². The molecule has 0 radical (unpaired) electrons. The van der Waals surface area contributed by atoms with Gasteiger partial charge in [-0.1, -0.05) is 12.8 Å². The van der Waals surface area contributed by atoms with Crippen molar-refractivity contribution in [3.8, 4) is 0 Å². The molecule has 2 N–H and O–H groups in total. The molecule has 1 saturated carbocycles. The van der Waals surface area contributed by atoms with E-state index in [4.69, 9.17) is 5.73 Å². The van der Waals surface area contributed by atoms with E-state index in [9.17, 15) is 0 Å². The third-order valence-electron chi connectivity index (χ3n) is 4.40. The van der Waals surface area contributed by atoms with Crippen LogP contribution in [-0.4, -0.2) is 30.1 Å². The summed E-state index contributed by atoms with van der Waals surface area (Å²) in [7, 11) is 0. The molecule has 0 spiro atoms. The molecule has 15 heavy (non-hydrogen) atoms. The van der Waals surface area contributed by atoms with Gasteiger partial charge in [0, 0.05) is 12.1 Å². The van der Waals surface area contributed by atoms with Crippen LogP contribution in [0.3, 0.4) is 0 Å². The number of nitrogens with zero attached hydrogens (tertiary/aromatic N) is 1. The predicted octanol–water partition coefficient (Wildman–Crippen LogP) is 2.38. The lowest BCUT2D eigenvalue weighted by molar-refractivity contribution is 0.122. The molecule has 2 rings (SSSR count). The fourth-order valence-electron chi connectivity index (χ4n) is 3.56. The second-order valence-corrected chi connectivity index (χ2v) is 5.49. The van der Waals surface area contributed by atoms with Crippen LogP contribution in [0, 0.1) is 5.92 Å². The van der Waals surface area contributed by atoms with Crippen molar-refractivity contribution < 1.29 is 0 Å². The Hall–Kier alpha value is -0.0800. The Balaban J connectivity index is 1.86. The molecule has 0 aromatic carbocycles. The molecule has 2 fully saturated rings. The largest absolute Gasteiger partial charge is 0.330 e. The van der Waals surface area contributed by atoms with Gasteiger partial charge in [-0.15, -0.1) is 0 Å². The van der Waals surface area contributed by atoms with E-state index in [1.807, 2.05) is 0 Å². The Morgan fingerprint density at radius 2 is 2.07 bits per heavy atom. The van der Waals surface area contributed by atoms with Crippen molar-refractivity contribution in [2.24, 2.45) is 11.7 Å². The summed E-state index contributed by atoms with van der Waals surface area (Å²) in [5, 5.41) is 0. The van der Waals surface area contributed by atoms with E-state index in [0.717, 1.165) is 24.5 Å². The van der Waals surface area contributed by atoms with Crippen LogP contribution in [0.15, 0.2) is 0 Å². The maximum absolute atomic E-state index is 5.67. The Labute approximate surface area is 94.2 Å². The molecule has 3 unspecified atom stereocenters. The summed E-state index contributed by atoms with van der Waals surface area (Å²) in [4.78, 5) is 2.77. The number of hydrogen-bond acceptors (Lipinski definition) is 2. The molecule has 88 valence electrons. The Morgan fingerprint density at radius 1 is 1.20 bits per heavy atom. The highest BCUT2D eigenvalue weighted by atomic mass is 15.2. The van der Waals surface area contributed by atoms with Gasteiger partial charge in [-0.3, -0.25) is 4.90 Å². The van der Waals surface area contributed by atoms with E-state index >= 15 is 0 Å². The fraction of sp³-hybridized carbons (Fsp3) is 1.00. The summed E-state index contributed by atoms with van der Waals surface area (Å²) >= 11 is 0. The molecule has 0 amide bonds. The van der Waals surface area contributed by atoms with Crippen LogP contribution in [0.25, 0.3) is 0 Å². The molecular formula is C13H26N2. The maximum atomic E-state index is 5.67. The second kappa shape index (κ2) is 5.31. The lowest BCUT2D eigenvalue weighted by Crippen LogP contribution is -2.41. The minimum absolute atomic E-state index is 0.839. The number of nitrogens with two attached hydrogens (primary N) is 1. The number of likely N-dealkylation sites (tertiary alicyclic amines) is 1. The summed E-state index contributed by atoms with van der Waals surface area (Å²) in [6, 6.07) is 1.72. The minimum atomic E-state index is 0.839. The van der Waals surface area contributed by atoms with Gasteiger partial charge in [-0.2, -0.15) is 0 Å². The maximum Gasteiger partial charge on any atom is 0.0101 e. The minimum Gasteiger partial charge on any atom is -0.330 e. The Kier molecular flexibility index (Phi) is 4.04. The SMILES string of the molecule is CC1CCCN1C1CCCC(CCN)C1. The number of rotatable bonds is 3. The third-order valence-corrected chi connectivity index (χ3v) is 4.40. The molecule has 0 bridgehead atoms. The van der Waals surface area contributed by atoms with E-state index in [-0.39, 0.29) is 0 Å². The first kappa shape index (κ1) is 11.4. The molecule has 2 heteroatoms. The smallest absolute Gasteiger partial charge is 0.0101 e. The van der Waals surface area contributed by atoms with Crippen molar-refractivity contribution in [3.05, 3.63) is 0 Å². The molecule has 3 atom stereocenters. The molecule has 1 aliphatic carbocycles. The highest BCUT2D eigenvalue weighted by Crippen LogP contribution is 2.33. The Bertz CT molecular complexity index is 191. The van der Waals surface area contributed by atoms with Crippen molar-refractivity contribution in [3.63, 3.8) is 0 Å². The van der Waals surface area contributed by atoms with Crippen LogP contribution < -0.4 is 5.73 Å². The molecule has 1 heterocycles. The lowest BCUT2D eigenvalue weighted by Gasteiger charge is -2.37. The molecule has 0 aromatic heterocycles. The van der Waals surface area contributed by atoms with Crippen LogP contribution in [0.1, 0.15) is 51.9 Å². The quantitative estimate of drug-likeness (QED) is 0.775. The predicted molar refractivity (Wildman–Crippen MR) is 64.8 cm³/mol. The molecule has 1 saturated heterocycles. The zero-order valence-electron chi connectivity index (χ0n) is 10.1. The fourth-order valence-corrected chi connectivity index (χ4v) is 3.56. The normalized spacial score (nSPS) is 38.4. The van der Waals surface area contributed by atoms with Crippen LogP contribution in [0.5, 0.6) is 0 Å². The van der Waals surface area contributed by atoms with Crippen LogP contribution in [0.4, 0.5) is 0 Å².